The summed E-state index contributed by atoms with van der Waals surface area (Å²) >= 11 is 0. The molecule has 142 valence electrons. The summed E-state index contributed by atoms with van der Waals surface area (Å²) in [7, 11) is 1.48. The summed E-state index contributed by atoms with van der Waals surface area (Å²) in [4.78, 5) is 11.6. The maximum absolute atomic E-state index is 11.6. The van der Waals surface area contributed by atoms with Gasteiger partial charge in [0.15, 0.2) is 0 Å². The quantitative estimate of drug-likeness (QED) is 0.169. The molecule has 0 rings (SSSR count). The van der Waals surface area contributed by atoms with Crippen LogP contribution in [-0.2, 0) is 9.53 Å². The summed E-state index contributed by atoms with van der Waals surface area (Å²) in [5, 5.41) is 0. The number of rotatable bonds is 16. The van der Waals surface area contributed by atoms with E-state index in [2.05, 4.69) is 19.1 Å². The molecule has 0 heterocycles. The molecule has 0 fully saturated rings. The van der Waals surface area contributed by atoms with Gasteiger partial charge in [-0.25, -0.2) is 0 Å². The zero-order chi connectivity index (χ0) is 18.1. The Balaban J connectivity index is 3.33. The van der Waals surface area contributed by atoms with E-state index in [0.29, 0.717) is 0 Å². The van der Waals surface area contributed by atoms with Crippen molar-refractivity contribution in [2.75, 3.05) is 7.11 Å². The lowest BCUT2D eigenvalue weighted by atomic mass is 9.87. The van der Waals surface area contributed by atoms with Crippen LogP contribution in [0.1, 0.15) is 111 Å². The molecule has 24 heavy (non-hydrogen) atoms. The first kappa shape index (κ1) is 23.2. The van der Waals surface area contributed by atoms with Crippen LogP contribution in [0.25, 0.3) is 0 Å². The standard InChI is InChI=1S/C22H42O2/c1-5-6-7-8-9-10-11-12-13-14-15-16-17-18-19-20-22(2,3)21(23)24-4/h12-13H,5-11,14-20H2,1-4H3/b13-12-. The summed E-state index contributed by atoms with van der Waals surface area (Å²) < 4.78 is 4.84. The molecule has 0 amide bonds. The molecule has 0 saturated carbocycles. The van der Waals surface area contributed by atoms with E-state index in [1.165, 1.54) is 84.2 Å². The van der Waals surface area contributed by atoms with Crippen molar-refractivity contribution < 1.29 is 9.53 Å². The van der Waals surface area contributed by atoms with E-state index in [4.69, 9.17) is 4.74 Å². The van der Waals surface area contributed by atoms with Gasteiger partial charge in [-0.15, -0.1) is 0 Å². The lowest BCUT2D eigenvalue weighted by Crippen LogP contribution is -2.25. The summed E-state index contributed by atoms with van der Waals surface area (Å²) in [6.45, 7) is 6.23. The number of ether oxygens (including phenoxy) is 1. The van der Waals surface area contributed by atoms with Crippen molar-refractivity contribution in [3.8, 4) is 0 Å². The summed E-state index contributed by atoms with van der Waals surface area (Å²) in [6, 6.07) is 0. The smallest absolute Gasteiger partial charge is 0.311 e. The van der Waals surface area contributed by atoms with Gasteiger partial charge < -0.3 is 4.74 Å². The molecule has 0 radical (unpaired) electrons. The van der Waals surface area contributed by atoms with Crippen LogP contribution >= 0.6 is 0 Å². The highest BCUT2D eigenvalue weighted by Gasteiger charge is 2.27. The Morgan fingerprint density at radius 3 is 1.75 bits per heavy atom. The molecule has 0 N–H and O–H groups in total. The molecule has 0 aliphatic carbocycles. The Bertz CT molecular complexity index is 318. The van der Waals surface area contributed by atoms with E-state index in [1.807, 2.05) is 13.8 Å². The molecule has 0 unspecified atom stereocenters. The van der Waals surface area contributed by atoms with Crippen LogP contribution in [-0.4, -0.2) is 13.1 Å². The lowest BCUT2D eigenvalue weighted by molar-refractivity contribution is -0.151. The third kappa shape index (κ3) is 13.6. The first-order valence-electron chi connectivity index (χ1n) is 10.3. The molecular weight excluding hydrogens is 296 g/mol. The summed E-state index contributed by atoms with van der Waals surface area (Å²) in [5.41, 5.74) is -0.325. The topological polar surface area (TPSA) is 26.3 Å². The predicted molar refractivity (Wildman–Crippen MR) is 105 cm³/mol. The molecule has 0 spiro atoms. The average Bonchev–Trinajstić information content (AvgIpc) is 2.57. The van der Waals surface area contributed by atoms with Crippen LogP contribution in [0.2, 0.25) is 0 Å². The van der Waals surface area contributed by atoms with Crippen molar-refractivity contribution in [3.63, 3.8) is 0 Å². The minimum absolute atomic E-state index is 0.0852. The maximum atomic E-state index is 11.6. The number of carbonyl (C=O) groups excluding carboxylic acids is 1. The van der Waals surface area contributed by atoms with Gasteiger partial charge in [-0.1, -0.05) is 76.9 Å². The molecule has 0 saturated heterocycles. The molecule has 0 aliphatic rings. The lowest BCUT2D eigenvalue weighted by Gasteiger charge is -2.20. The Labute approximate surface area is 151 Å². The van der Waals surface area contributed by atoms with Crippen molar-refractivity contribution in [2.45, 2.75) is 111 Å². The second-order valence-electron chi connectivity index (χ2n) is 7.71. The molecule has 0 bridgehead atoms. The zero-order valence-corrected chi connectivity index (χ0v) is 16.9. The fourth-order valence-corrected chi connectivity index (χ4v) is 3.02. The maximum Gasteiger partial charge on any atom is 0.311 e. The van der Waals surface area contributed by atoms with Crippen LogP contribution < -0.4 is 0 Å². The highest BCUT2D eigenvalue weighted by molar-refractivity contribution is 5.75. The molecule has 0 atom stereocenters. The highest BCUT2D eigenvalue weighted by atomic mass is 16.5. The van der Waals surface area contributed by atoms with E-state index in [1.54, 1.807) is 0 Å². The van der Waals surface area contributed by atoms with Crippen LogP contribution in [0, 0.1) is 5.41 Å². The van der Waals surface area contributed by atoms with Gasteiger partial charge in [0.25, 0.3) is 0 Å². The molecule has 0 aromatic rings. The van der Waals surface area contributed by atoms with Gasteiger partial charge >= 0.3 is 5.97 Å². The fourth-order valence-electron chi connectivity index (χ4n) is 3.02. The molecule has 2 nitrogen and oxygen atoms in total. The van der Waals surface area contributed by atoms with Gasteiger partial charge in [0, 0.05) is 0 Å². The molecule has 0 aromatic carbocycles. The number of methoxy groups -OCH3 is 1. The Kier molecular flexibility index (Phi) is 15.2. The molecular formula is C22H42O2. The Hall–Kier alpha value is -0.790. The van der Waals surface area contributed by atoms with E-state index in [-0.39, 0.29) is 11.4 Å². The van der Waals surface area contributed by atoms with Gasteiger partial charge in [-0.2, -0.15) is 0 Å². The minimum Gasteiger partial charge on any atom is -0.469 e. The Morgan fingerprint density at radius 1 is 0.792 bits per heavy atom. The van der Waals surface area contributed by atoms with Crippen molar-refractivity contribution in [1.82, 2.24) is 0 Å². The van der Waals surface area contributed by atoms with Crippen molar-refractivity contribution in [1.29, 1.82) is 0 Å². The summed E-state index contributed by atoms with van der Waals surface area (Å²) in [5.74, 6) is -0.0852. The minimum atomic E-state index is -0.325. The van der Waals surface area contributed by atoms with Crippen LogP contribution in [0.15, 0.2) is 12.2 Å². The van der Waals surface area contributed by atoms with Gasteiger partial charge in [0.05, 0.1) is 12.5 Å². The van der Waals surface area contributed by atoms with Crippen LogP contribution in [0.5, 0.6) is 0 Å². The molecule has 0 aliphatic heterocycles. The highest BCUT2D eigenvalue weighted by Crippen LogP contribution is 2.25. The first-order chi connectivity index (χ1) is 11.5. The second-order valence-corrected chi connectivity index (χ2v) is 7.71. The molecule has 0 aromatic heterocycles. The number of unbranched alkanes of at least 4 members (excludes halogenated alkanes) is 11. The van der Waals surface area contributed by atoms with E-state index in [9.17, 15) is 4.79 Å². The number of allylic oxidation sites excluding steroid dienone is 2. The molecule has 2 heteroatoms. The second kappa shape index (κ2) is 15.7. The van der Waals surface area contributed by atoms with Gasteiger partial charge in [-0.05, 0) is 46.0 Å². The van der Waals surface area contributed by atoms with Crippen molar-refractivity contribution in [3.05, 3.63) is 12.2 Å². The van der Waals surface area contributed by atoms with E-state index < -0.39 is 0 Å². The number of hydrogen-bond donors (Lipinski definition) is 0. The average molecular weight is 339 g/mol. The third-order valence-corrected chi connectivity index (χ3v) is 4.80. The predicted octanol–water partition coefficient (Wildman–Crippen LogP) is 7.22. The van der Waals surface area contributed by atoms with Gasteiger partial charge in [0.1, 0.15) is 0 Å². The van der Waals surface area contributed by atoms with E-state index in [0.717, 1.165) is 12.8 Å². The van der Waals surface area contributed by atoms with Crippen LogP contribution in [0.3, 0.4) is 0 Å². The van der Waals surface area contributed by atoms with Gasteiger partial charge in [0.2, 0.25) is 0 Å². The normalized spacial score (nSPS) is 12.0. The van der Waals surface area contributed by atoms with E-state index >= 15 is 0 Å². The monoisotopic (exact) mass is 338 g/mol. The number of hydrogen-bond acceptors (Lipinski definition) is 2. The summed E-state index contributed by atoms with van der Waals surface area (Å²) in [6.07, 6.45) is 22.7. The SMILES string of the molecule is CCCCCCCC/C=C\CCCCCCCC(C)(C)C(=O)OC. The largest absolute Gasteiger partial charge is 0.469 e. The number of esters is 1. The van der Waals surface area contributed by atoms with Crippen molar-refractivity contribution >= 4 is 5.97 Å². The number of carbonyl (C=O) groups is 1. The fraction of sp³-hybridized carbons (Fsp3) is 0.864. The Morgan fingerprint density at radius 2 is 1.25 bits per heavy atom. The third-order valence-electron chi connectivity index (χ3n) is 4.80. The van der Waals surface area contributed by atoms with Gasteiger partial charge in [-0.3, -0.25) is 4.79 Å². The van der Waals surface area contributed by atoms with Crippen molar-refractivity contribution in [2.24, 2.45) is 5.41 Å². The first-order valence-corrected chi connectivity index (χ1v) is 10.3. The zero-order valence-electron chi connectivity index (χ0n) is 16.9. The van der Waals surface area contributed by atoms with Crippen LogP contribution in [0.4, 0.5) is 0 Å².